The van der Waals surface area contributed by atoms with Crippen molar-refractivity contribution >= 4 is 11.4 Å². The zero-order valence-corrected chi connectivity index (χ0v) is 11.3. The van der Waals surface area contributed by atoms with E-state index in [1.807, 2.05) is 12.1 Å². The fraction of sp³-hybridized carbons (Fsp3) is 0.571. The highest BCUT2D eigenvalue weighted by Crippen LogP contribution is 2.35. The van der Waals surface area contributed by atoms with Gasteiger partial charge in [-0.05, 0) is 32.4 Å². The standard InChI is InChI=1S/C14H19N3O2/c1-10(2)15-8-14-7-13(15)9-16(14)11-3-5-12(6-4-11)17(18)19/h3-6,10,13-14H,7-9H2,1-2H3/t13-,14-/m1/s1. The highest BCUT2D eigenvalue weighted by Gasteiger charge is 2.43. The molecule has 2 bridgehead atoms. The van der Waals surface area contributed by atoms with Crippen LogP contribution in [0.5, 0.6) is 0 Å². The van der Waals surface area contributed by atoms with Crippen LogP contribution in [0.1, 0.15) is 20.3 Å². The number of anilines is 1. The second kappa shape index (κ2) is 4.49. The lowest BCUT2D eigenvalue weighted by atomic mass is 10.2. The second-order valence-corrected chi connectivity index (χ2v) is 5.76. The third kappa shape index (κ3) is 2.08. The van der Waals surface area contributed by atoms with Gasteiger partial charge in [-0.2, -0.15) is 0 Å². The molecule has 5 nitrogen and oxygen atoms in total. The summed E-state index contributed by atoms with van der Waals surface area (Å²) in [7, 11) is 0. The van der Waals surface area contributed by atoms with Gasteiger partial charge in [0.1, 0.15) is 0 Å². The Morgan fingerprint density at radius 3 is 2.37 bits per heavy atom. The van der Waals surface area contributed by atoms with Gasteiger partial charge in [0.05, 0.1) is 4.92 Å². The molecule has 0 aromatic heterocycles. The molecule has 0 N–H and O–H groups in total. The van der Waals surface area contributed by atoms with Crippen molar-refractivity contribution in [2.45, 2.75) is 38.4 Å². The van der Waals surface area contributed by atoms with E-state index in [-0.39, 0.29) is 10.6 Å². The summed E-state index contributed by atoms with van der Waals surface area (Å²) in [6.07, 6.45) is 1.22. The van der Waals surface area contributed by atoms with Crippen LogP contribution < -0.4 is 4.90 Å². The Balaban J connectivity index is 1.74. The highest BCUT2D eigenvalue weighted by molar-refractivity contribution is 5.53. The molecule has 2 atom stereocenters. The van der Waals surface area contributed by atoms with E-state index >= 15 is 0 Å². The third-order valence-corrected chi connectivity index (χ3v) is 4.34. The number of non-ortho nitro benzene ring substituents is 1. The first-order valence-corrected chi connectivity index (χ1v) is 6.83. The first-order valence-electron chi connectivity index (χ1n) is 6.83. The summed E-state index contributed by atoms with van der Waals surface area (Å²) in [6.45, 7) is 6.65. The van der Waals surface area contributed by atoms with Gasteiger partial charge < -0.3 is 4.90 Å². The summed E-state index contributed by atoms with van der Waals surface area (Å²) >= 11 is 0. The van der Waals surface area contributed by atoms with E-state index in [9.17, 15) is 10.1 Å². The molecule has 2 fully saturated rings. The molecule has 0 amide bonds. The van der Waals surface area contributed by atoms with Gasteiger partial charge >= 0.3 is 0 Å². The van der Waals surface area contributed by atoms with Crippen LogP contribution in [0.2, 0.25) is 0 Å². The van der Waals surface area contributed by atoms with Crippen LogP contribution in [-0.2, 0) is 0 Å². The van der Waals surface area contributed by atoms with Gasteiger partial charge in [0, 0.05) is 49.0 Å². The van der Waals surface area contributed by atoms with Crippen LogP contribution in [0.25, 0.3) is 0 Å². The largest absolute Gasteiger partial charge is 0.366 e. The van der Waals surface area contributed by atoms with Gasteiger partial charge in [-0.3, -0.25) is 15.0 Å². The van der Waals surface area contributed by atoms with Crippen LogP contribution in [0.15, 0.2) is 24.3 Å². The number of hydrogen-bond donors (Lipinski definition) is 0. The van der Waals surface area contributed by atoms with E-state index in [1.54, 1.807) is 12.1 Å². The summed E-state index contributed by atoms with van der Waals surface area (Å²) in [5, 5.41) is 10.7. The van der Waals surface area contributed by atoms with E-state index in [0.717, 1.165) is 18.8 Å². The average Bonchev–Trinajstić information content (AvgIpc) is 2.98. The summed E-state index contributed by atoms with van der Waals surface area (Å²) in [4.78, 5) is 15.3. The smallest absolute Gasteiger partial charge is 0.269 e. The molecular formula is C14H19N3O2. The molecule has 0 aliphatic carbocycles. The molecule has 3 rings (SSSR count). The summed E-state index contributed by atoms with van der Waals surface area (Å²) in [5.41, 5.74) is 1.28. The molecule has 2 saturated heterocycles. The maximum atomic E-state index is 10.7. The number of rotatable bonds is 3. The van der Waals surface area contributed by atoms with Crippen molar-refractivity contribution in [3.63, 3.8) is 0 Å². The lowest BCUT2D eigenvalue weighted by Crippen LogP contribution is -2.48. The number of nitro groups is 1. The maximum Gasteiger partial charge on any atom is 0.269 e. The predicted octanol–water partition coefficient (Wildman–Crippen LogP) is 2.27. The number of fused-ring (bicyclic) bond motifs is 2. The van der Waals surface area contributed by atoms with Crippen LogP contribution in [0, 0.1) is 10.1 Å². The first-order chi connectivity index (χ1) is 9.06. The Hall–Kier alpha value is -1.62. The lowest BCUT2D eigenvalue weighted by molar-refractivity contribution is -0.384. The molecule has 5 heteroatoms. The van der Waals surface area contributed by atoms with Crippen molar-refractivity contribution in [3.8, 4) is 0 Å². The van der Waals surface area contributed by atoms with Crippen LogP contribution in [0.4, 0.5) is 11.4 Å². The molecule has 1 aromatic carbocycles. The van der Waals surface area contributed by atoms with Gasteiger partial charge in [0.2, 0.25) is 0 Å². The zero-order chi connectivity index (χ0) is 13.6. The summed E-state index contributed by atoms with van der Waals surface area (Å²) < 4.78 is 0. The number of piperazine rings is 1. The normalized spacial score (nSPS) is 26.4. The van der Waals surface area contributed by atoms with E-state index in [2.05, 4.69) is 23.6 Å². The monoisotopic (exact) mass is 261 g/mol. The SMILES string of the molecule is CC(C)N1C[C@H]2C[C@@H]1CN2c1ccc([N+](=O)[O-])cc1. The van der Waals surface area contributed by atoms with Crippen molar-refractivity contribution in [3.05, 3.63) is 34.4 Å². The fourth-order valence-corrected chi connectivity index (χ4v) is 3.41. The van der Waals surface area contributed by atoms with Gasteiger partial charge in [-0.1, -0.05) is 0 Å². The molecule has 0 saturated carbocycles. The van der Waals surface area contributed by atoms with Crippen molar-refractivity contribution < 1.29 is 4.92 Å². The lowest BCUT2D eigenvalue weighted by Gasteiger charge is -2.37. The number of nitro benzene ring substituents is 1. The van der Waals surface area contributed by atoms with Gasteiger partial charge in [-0.25, -0.2) is 0 Å². The van der Waals surface area contributed by atoms with Crippen LogP contribution >= 0.6 is 0 Å². The van der Waals surface area contributed by atoms with Crippen molar-refractivity contribution in [2.24, 2.45) is 0 Å². The molecule has 0 radical (unpaired) electrons. The van der Waals surface area contributed by atoms with Gasteiger partial charge in [-0.15, -0.1) is 0 Å². The fourth-order valence-electron chi connectivity index (χ4n) is 3.41. The van der Waals surface area contributed by atoms with Crippen LogP contribution in [-0.4, -0.2) is 41.0 Å². The molecule has 2 heterocycles. The topological polar surface area (TPSA) is 49.6 Å². The molecule has 2 aliphatic rings. The van der Waals surface area contributed by atoms with E-state index < -0.39 is 0 Å². The molecule has 1 aromatic rings. The number of hydrogen-bond acceptors (Lipinski definition) is 4. The third-order valence-electron chi connectivity index (χ3n) is 4.34. The van der Waals surface area contributed by atoms with Crippen LogP contribution in [0.3, 0.4) is 0 Å². The summed E-state index contributed by atoms with van der Waals surface area (Å²) in [6, 6.07) is 8.75. The number of benzene rings is 1. The van der Waals surface area contributed by atoms with Gasteiger partial charge in [0.25, 0.3) is 5.69 Å². The van der Waals surface area contributed by atoms with E-state index in [1.165, 1.54) is 6.42 Å². The molecule has 102 valence electrons. The Kier molecular flexibility index (Phi) is 2.93. The molecule has 0 unspecified atom stereocenters. The first kappa shape index (κ1) is 12.4. The number of nitrogens with zero attached hydrogens (tertiary/aromatic N) is 3. The second-order valence-electron chi connectivity index (χ2n) is 5.76. The Morgan fingerprint density at radius 1 is 1.21 bits per heavy atom. The maximum absolute atomic E-state index is 10.7. The Morgan fingerprint density at radius 2 is 1.89 bits per heavy atom. The van der Waals surface area contributed by atoms with Gasteiger partial charge in [0.15, 0.2) is 0 Å². The molecule has 2 aliphatic heterocycles. The quantitative estimate of drug-likeness (QED) is 0.618. The summed E-state index contributed by atoms with van der Waals surface area (Å²) in [5.74, 6) is 0. The van der Waals surface area contributed by atoms with E-state index in [4.69, 9.17) is 0 Å². The van der Waals surface area contributed by atoms with Crippen molar-refractivity contribution in [1.29, 1.82) is 0 Å². The Bertz CT molecular complexity index is 486. The number of likely N-dealkylation sites (tertiary alicyclic amines) is 1. The Labute approximate surface area is 113 Å². The molecule has 19 heavy (non-hydrogen) atoms. The molecular weight excluding hydrogens is 242 g/mol. The predicted molar refractivity (Wildman–Crippen MR) is 74.5 cm³/mol. The van der Waals surface area contributed by atoms with E-state index in [0.29, 0.717) is 18.1 Å². The highest BCUT2D eigenvalue weighted by atomic mass is 16.6. The van der Waals surface area contributed by atoms with Crippen molar-refractivity contribution in [1.82, 2.24) is 4.90 Å². The molecule has 0 spiro atoms. The minimum Gasteiger partial charge on any atom is -0.366 e. The minimum absolute atomic E-state index is 0.164. The minimum atomic E-state index is -0.347. The average molecular weight is 261 g/mol. The van der Waals surface area contributed by atoms with Crippen molar-refractivity contribution in [2.75, 3.05) is 18.0 Å². The zero-order valence-electron chi connectivity index (χ0n) is 11.3.